The maximum absolute atomic E-state index is 6.52. The van der Waals surface area contributed by atoms with Crippen LogP contribution in [0.25, 0.3) is 89.2 Å². The SMILES string of the molecule is c1ccc2c(c1)oc1c(-c3nc(-c4ccc(C56CC7CC(CC(C7)C5)C6)c(-c5ccncc5)c4)nc(-c4cccc5c4oc4ccccc45)n3)cccc12. The second-order valence-electron chi connectivity index (χ2n) is 16.1. The summed E-state index contributed by atoms with van der Waals surface area (Å²) in [5, 5.41) is 4.20. The lowest BCUT2D eigenvalue weighted by atomic mass is 9.47. The molecule has 9 aromatic rings. The first-order valence-electron chi connectivity index (χ1n) is 19.3. The van der Waals surface area contributed by atoms with Crippen LogP contribution in [0, 0.1) is 17.8 Å². The highest BCUT2D eigenvalue weighted by atomic mass is 16.3. The van der Waals surface area contributed by atoms with Crippen molar-refractivity contribution in [2.75, 3.05) is 0 Å². The van der Waals surface area contributed by atoms with E-state index >= 15 is 0 Å². The number of fused-ring (bicyclic) bond motifs is 6. The van der Waals surface area contributed by atoms with E-state index in [0.717, 1.165) is 78.3 Å². The van der Waals surface area contributed by atoms with Gasteiger partial charge in [0, 0.05) is 39.5 Å². The highest BCUT2D eigenvalue weighted by molar-refractivity contribution is 6.10. The van der Waals surface area contributed by atoms with Crippen molar-refractivity contribution in [2.45, 2.75) is 43.9 Å². The second kappa shape index (κ2) is 11.4. The van der Waals surface area contributed by atoms with Crippen molar-refractivity contribution < 1.29 is 8.83 Å². The molecule has 54 heavy (non-hydrogen) atoms. The van der Waals surface area contributed by atoms with Crippen LogP contribution in [0.4, 0.5) is 0 Å². The lowest BCUT2D eigenvalue weighted by Crippen LogP contribution is -2.48. The van der Waals surface area contributed by atoms with Gasteiger partial charge in [0.25, 0.3) is 0 Å². The number of para-hydroxylation sites is 4. The topological polar surface area (TPSA) is 77.8 Å². The zero-order valence-electron chi connectivity index (χ0n) is 29.7. The monoisotopic (exact) mass is 700 g/mol. The number of benzene rings is 5. The minimum atomic E-state index is 0.217. The highest BCUT2D eigenvalue weighted by Gasteiger charge is 2.52. The second-order valence-corrected chi connectivity index (χ2v) is 16.1. The van der Waals surface area contributed by atoms with Gasteiger partial charge >= 0.3 is 0 Å². The van der Waals surface area contributed by atoms with Gasteiger partial charge in [0.2, 0.25) is 0 Å². The maximum Gasteiger partial charge on any atom is 0.167 e. The fourth-order valence-corrected chi connectivity index (χ4v) is 10.9. The van der Waals surface area contributed by atoms with E-state index in [-0.39, 0.29) is 5.41 Å². The van der Waals surface area contributed by atoms with E-state index in [0.29, 0.717) is 17.5 Å². The van der Waals surface area contributed by atoms with Gasteiger partial charge < -0.3 is 8.83 Å². The summed E-state index contributed by atoms with van der Waals surface area (Å²) in [6, 6.07) is 40.0. The predicted molar refractivity (Wildman–Crippen MR) is 214 cm³/mol. The number of hydrogen-bond acceptors (Lipinski definition) is 6. The van der Waals surface area contributed by atoms with Crippen LogP contribution in [0.2, 0.25) is 0 Å². The molecule has 0 atom stereocenters. The minimum Gasteiger partial charge on any atom is -0.455 e. The zero-order valence-corrected chi connectivity index (χ0v) is 29.7. The lowest BCUT2D eigenvalue weighted by Gasteiger charge is -2.57. The van der Waals surface area contributed by atoms with Crippen LogP contribution >= 0.6 is 0 Å². The van der Waals surface area contributed by atoms with Gasteiger partial charge in [-0.05, 0) is 121 Å². The fourth-order valence-electron chi connectivity index (χ4n) is 10.9. The van der Waals surface area contributed by atoms with Crippen molar-refractivity contribution in [3.05, 3.63) is 133 Å². The Morgan fingerprint density at radius 3 is 1.56 bits per heavy atom. The van der Waals surface area contributed by atoms with Crippen molar-refractivity contribution in [3.8, 4) is 45.3 Å². The number of nitrogens with zero attached hydrogens (tertiary/aromatic N) is 4. The molecule has 0 radical (unpaired) electrons. The van der Waals surface area contributed by atoms with Crippen molar-refractivity contribution in [1.29, 1.82) is 0 Å². The Morgan fingerprint density at radius 1 is 0.463 bits per heavy atom. The standard InChI is InChI=1S/C48H36N4O2/c1-3-13-41-33(7-1)35-9-5-11-37(43(35)53-41)46-50-45(51-47(52-46)38-12-6-10-36-34-8-2-4-14-42(34)54-44(36)38)32-15-16-40(39(24-32)31-17-19-49-20-18-31)48-25-28-21-29(26-48)23-30(22-28)27-48/h1-20,24,28-30H,21-23,25-27H2. The van der Waals surface area contributed by atoms with Gasteiger partial charge in [-0.15, -0.1) is 0 Å². The van der Waals surface area contributed by atoms with E-state index in [1.807, 2.05) is 60.9 Å². The Bertz CT molecular complexity index is 2770. The minimum absolute atomic E-state index is 0.217. The molecule has 5 aromatic carbocycles. The van der Waals surface area contributed by atoms with Gasteiger partial charge in [-0.25, -0.2) is 15.0 Å². The molecule has 0 spiro atoms. The zero-order chi connectivity index (χ0) is 35.4. The van der Waals surface area contributed by atoms with Crippen LogP contribution in [0.1, 0.15) is 44.1 Å². The molecule has 4 saturated carbocycles. The molecule has 4 aliphatic rings. The molecule has 0 saturated heterocycles. The highest BCUT2D eigenvalue weighted by Crippen LogP contribution is 2.62. The Balaban J connectivity index is 1.09. The molecule has 4 aliphatic carbocycles. The maximum atomic E-state index is 6.52. The molecule has 4 aromatic heterocycles. The molecule has 260 valence electrons. The van der Waals surface area contributed by atoms with Crippen molar-refractivity contribution in [3.63, 3.8) is 0 Å². The smallest absolute Gasteiger partial charge is 0.167 e. The van der Waals surface area contributed by atoms with Crippen LogP contribution in [0.5, 0.6) is 0 Å². The van der Waals surface area contributed by atoms with Gasteiger partial charge in [-0.1, -0.05) is 72.8 Å². The number of furan rings is 2. The molecule has 4 heterocycles. The first-order chi connectivity index (χ1) is 26.7. The normalized spacial score (nSPS) is 21.9. The summed E-state index contributed by atoms with van der Waals surface area (Å²) in [5.41, 5.74) is 9.94. The van der Waals surface area contributed by atoms with Gasteiger partial charge in [-0.3, -0.25) is 4.98 Å². The molecule has 6 nitrogen and oxygen atoms in total. The van der Waals surface area contributed by atoms with E-state index in [1.54, 1.807) is 0 Å². The van der Waals surface area contributed by atoms with Crippen molar-refractivity contribution >= 4 is 43.9 Å². The number of pyridine rings is 1. The van der Waals surface area contributed by atoms with Crippen LogP contribution in [0.3, 0.4) is 0 Å². The number of aromatic nitrogens is 4. The molecule has 0 aliphatic heterocycles. The van der Waals surface area contributed by atoms with E-state index in [2.05, 4.69) is 71.7 Å². The quantitative estimate of drug-likeness (QED) is 0.178. The average Bonchev–Trinajstić information content (AvgIpc) is 3.79. The molecule has 4 bridgehead atoms. The Labute approximate surface area is 311 Å². The predicted octanol–water partition coefficient (Wildman–Crippen LogP) is 12.2. The van der Waals surface area contributed by atoms with Gasteiger partial charge in [0.05, 0.1) is 11.1 Å². The van der Waals surface area contributed by atoms with Crippen LogP contribution in [-0.4, -0.2) is 19.9 Å². The summed E-state index contributed by atoms with van der Waals surface area (Å²) in [6.07, 6.45) is 11.9. The number of hydrogen-bond donors (Lipinski definition) is 0. The summed E-state index contributed by atoms with van der Waals surface area (Å²) in [5.74, 6) is 4.26. The third kappa shape index (κ3) is 4.59. The average molecular weight is 701 g/mol. The van der Waals surface area contributed by atoms with Crippen molar-refractivity contribution in [2.24, 2.45) is 17.8 Å². The third-order valence-electron chi connectivity index (χ3n) is 12.8. The lowest BCUT2D eigenvalue weighted by molar-refractivity contribution is -0.00491. The molecule has 4 fully saturated rings. The summed E-state index contributed by atoms with van der Waals surface area (Å²) >= 11 is 0. The van der Waals surface area contributed by atoms with Crippen molar-refractivity contribution in [1.82, 2.24) is 19.9 Å². The first kappa shape index (κ1) is 30.3. The van der Waals surface area contributed by atoms with E-state index < -0.39 is 0 Å². The van der Waals surface area contributed by atoms with Crippen LogP contribution in [-0.2, 0) is 5.41 Å². The summed E-state index contributed by atoms with van der Waals surface area (Å²) in [6.45, 7) is 0. The fraction of sp³-hybridized carbons (Fsp3) is 0.208. The Morgan fingerprint density at radius 2 is 0.981 bits per heavy atom. The molecule has 13 rings (SSSR count). The van der Waals surface area contributed by atoms with Crippen LogP contribution in [0.15, 0.2) is 136 Å². The summed E-state index contributed by atoms with van der Waals surface area (Å²) in [7, 11) is 0. The molecule has 0 unspecified atom stereocenters. The van der Waals surface area contributed by atoms with Gasteiger partial charge in [0.15, 0.2) is 17.5 Å². The van der Waals surface area contributed by atoms with E-state index in [9.17, 15) is 0 Å². The largest absolute Gasteiger partial charge is 0.455 e. The molecule has 0 amide bonds. The molecular weight excluding hydrogens is 665 g/mol. The third-order valence-corrected chi connectivity index (χ3v) is 12.8. The Kier molecular flexibility index (Phi) is 6.42. The molecule has 6 heteroatoms. The molecular formula is C48H36N4O2. The van der Waals surface area contributed by atoms with Crippen LogP contribution < -0.4 is 0 Å². The Hall–Kier alpha value is -6.14. The van der Waals surface area contributed by atoms with Gasteiger partial charge in [0.1, 0.15) is 22.3 Å². The summed E-state index contributed by atoms with van der Waals surface area (Å²) in [4.78, 5) is 20.2. The number of rotatable bonds is 5. The first-order valence-corrected chi connectivity index (χ1v) is 19.3. The van der Waals surface area contributed by atoms with Gasteiger partial charge in [-0.2, -0.15) is 0 Å². The van der Waals surface area contributed by atoms with E-state index in [1.165, 1.54) is 55.2 Å². The van der Waals surface area contributed by atoms with E-state index in [4.69, 9.17) is 23.8 Å². The molecule has 0 N–H and O–H groups in total. The summed E-state index contributed by atoms with van der Waals surface area (Å²) < 4.78 is 13.0.